The Morgan fingerprint density at radius 2 is 1.05 bits per heavy atom. The van der Waals surface area contributed by atoms with Gasteiger partial charge in [0.1, 0.15) is 17.1 Å². The molecule has 0 bridgehead atoms. The summed E-state index contributed by atoms with van der Waals surface area (Å²) < 4.78 is 93.4. The first kappa shape index (κ1) is 36.0. The van der Waals surface area contributed by atoms with Crippen molar-refractivity contribution in [1.82, 2.24) is 0 Å². The fourth-order valence-electron chi connectivity index (χ4n) is 3.73. The number of hydrogen-bond donors (Lipinski definition) is 0. The van der Waals surface area contributed by atoms with Crippen LogP contribution in [0.4, 0.5) is 0 Å². The highest BCUT2D eigenvalue weighted by atomic mass is 31.2. The van der Waals surface area contributed by atoms with Gasteiger partial charge in [0.15, 0.2) is 16.9 Å². The molecule has 0 radical (unpaired) electrons. The van der Waals surface area contributed by atoms with E-state index in [-0.39, 0.29) is 79.2 Å². The smallest absolute Gasteiger partial charge is 0.456 e. The maximum atomic E-state index is 13.3. The van der Waals surface area contributed by atoms with Crippen LogP contribution in [0, 0.1) is 0 Å². The van der Waals surface area contributed by atoms with Gasteiger partial charge in [-0.05, 0) is 71.9 Å². The predicted molar refractivity (Wildman–Crippen MR) is 162 cm³/mol. The Labute approximate surface area is 255 Å². The molecule has 1 heterocycles. The highest BCUT2D eigenvalue weighted by Crippen LogP contribution is 2.56. The minimum Gasteiger partial charge on any atom is -0.456 e. The first-order valence-corrected chi connectivity index (χ1v) is 18.3. The van der Waals surface area contributed by atoms with Gasteiger partial charge in [0, 0.05) is 17.7 Å². The topological polar surface area (TPSA) is 164 Å². The van der Waals surface area contributed by atoms with Gasteiger partial charge in [-0.25, -0.2) is 13.7 Å². The maximum Gasteiger partial charge on any atom is 0.530 e. The normalized spacial score (nSPS) is 12.4. The van der Waals surface area contributed by atoms with E-state index >= 15 is 0 Å². The van der Waals surface area contributed by atoms with Crippen molar-refractivity contribution in [2.24, 2.45) is 0 Å². The van der Waals surface area contributed by atoms with Crippen molar-refractivity contribution < 1.29 is 58.8 Å². The molecule has 0 N–H and O–H groups in total. The first-order valence-electron chi connectivity index (χ1n) is 13.9. The fraction of sp³-hybridized carbons (Fsp3) is 0.444. The summed E-state index contributed by atoms with van der Waals surface area (Å²) in [4.78, 5) is 13.0. The molecule has 14 nitrogen and oxygen atoms in total. The Kier molecular flexibility index (Phi) is 13.2. The van der Waals surface area contributed by atoms with Gasteiger partial charge in [0.2, 0.25) is 0 Å². The van der Waals surface area contributed by atoms with Gasteiger partial charge in [-0.1, -0.05) is 0 Å². The zero-order chi connectivity index (χ0) is 32.4. The minimum atomic E-state index is -4.17. The Balaban J connectivity index is 2.12. The third kappa shape index (κ3) is 9.50. The summed E-state index contributed by atoms with van der Waals surface area (Å²) in [6.07, 6.45) is 0. The summed E-state index contributed by atoms with van der Waals surface area (Å²) in [6, 6.07) is 9.68. The number of phosphoric ester groups is 3. The standard InChI is InChI=1S/C27H37O14P3/c1-7-32-42(29,33-8-2)39-21-14-15-22-23(28)19-25(38-26(22)18-21)20-13-16-24(40-43(30,34-9-3)35-10-4)27(17-20)41-44(31,36-11-5)37-12-6/h13-19H,7-12H2,1-6H3. The molecule has 2 aromatic carbocycles. The molecule has 0 saturated heterocycles. The molecule has 0 spiro atoms. The van der Waals surface area contributed by atoms with Crippen molar-refractivity contribution in [3.63, 3.8) is 0 Å². The molecule has 0 saturated carbocycles. The molecule has 3 aromatic rings. The van der Waals surface area contributed by atoms with Crippen LogP contribution in [0.2, 0.25) is 0 Å². The predicted octanol–water partition coefficient (Wildman–Crippen LogP) is 8.14. The molecule has 0 aliphatic carbocycles. The lowest BCUT2D eigenvalue weighted by Gasteiger charge is -2.22. The maximum absolute atomic E-state index is 13.3. The molecule has 0 aliphatic rings. The summed E-state index contributed by atoms with van der Waals surface area (Å²) in [5.41, 5.74) is -0.0343. The van der Waals surface area contributed by atoms with Gasteiger partial charge < -0.3 is 18.0 Å². The number of benzene rings is 2. The fourth-order valence-corrected chi connectivity index (χ4v) is 7.32. The van der Waals surface area contributed by atoms with Crippen LogP contribution in [-0.2, 0) is 40.8 Å². The lowest BCUT2D eigenvalue weighted by atomic mass is 10.1. The van der Waals surface area contributed by atoms with Crippen LogP contribution in [0.5, 0.6) is 17.2 Å². The van der Waals surface area contributed by atoms with Crippen LogP contribution in [0.15, 0.2) is 51.7 Å². The van der Waals surface area contributed by atoms with Crippen LogP contribution in [0.1, 0.15) is 41.5 Å². The van der Waals surface area contributed by atoms with Crippen molar-refractivity contribution in [3.05, 3.63) is 52.7 Å². The number of hydrogen-bond acceptors (Lipinski definition) is 14. The van der Waals surface area contributed by atoms with Gasteiger partial charge in [-0.15, -0.1) is 0 Å². The third-order valence-corrected chi connectivity index (χ3v) is 10.0. The number of rotatable bonds is 19. The molecule has 0 aliphatic heterocycles. The molecule has 244 valence electrons. The second-order valence-electron chi connectivity index (χ2n) is 8.42. The number of fused-ring (bicyclic) bond motifs is 1. The van der Waals surface area contributed by atoms with E-state index in [1.54, 1.807) is 41.5 Å². The zero-order valence-electron chi connectivity index (χ0n) is 25.3. The van der Waals surface area contributed by atoms with E-state index in [0.717, 1.165) is 0 Å². The number of phosphoric acid groups is 3. The molecule has 0 unspecified atom stereocenters. The van der Waals surface area contributed by atoms with Crippen LogP contribution >= 0.6 is 23.5 Å². The monoisotopic (exact) mass is 678 g/mol. The lowest BCUT2D eigenvalue weighted by Crippen LogP contribution is -2.06. The summed E-state index contributed by atoms with van der Waals surface area (Å²) >= 11 is 0. The van der Waals surface area contributed by atoms with Crippen LogP contribution in [0.25, 0.3) is 22.3 Å². The summed E-state index contributed by atoms with van der Waals surface area (Å²) in [6.45, 7) is 9.89. The van der Waals surface area contributed by atoms with Crippen molar-refractivity contribution in [2.45, 2.75) is 41.5 Å². The van der Waals surface area contributed by atoms with Gasteiger partial charge in [-0.3, -0.25) is 31.9 Å². The molecule has 0 fully saturated rings. The van der Waals surface area contributed by atoms with Gasteiger partial charge in [-0.2, -0.15) is 0 Å². The van der Waals surface area contributed by atoms with Crippen molar-refractivity contribution in [2.75, 3.05) is 39.6 Å². The Bertz CT molecular complexity index is 1570. The van der Waals surface area contributed by atoms with E-state index in [4.69, 9.17) is 45.1 Å². The summed E-state index contributed by atoms with van der Waals surface area (Å²) in [7, 11) is -12.2. The van der Waals surface area contributed by atoms with Gasteiger partial charge in [0.25, 0.3) is 0 Å². The van der Waals surface area contributed by atoms with Gasteiger partial charge in [0.05, 0.1) is 45.0 Å². The van der Waals surface area contributed by atoms with E-state index in [9.17, 15) is 18.5 Å². The molecule has 3 rings (SSSR count). The minimum absolute atomic E-state index is 0.00692. The molecule has 0 amide bonds. The molecular formula is C27H37O14P3. The van der Waals surface area contributed by atoms with Crippen molar-refractivity contribution in [3.8, 4) is 28.6 Å². The quantitative estimate of drug-likeness (QED) is 0.112. The average Bonchev–Trinajstić information content (AvgIpc) is 2.94. The van der Waals surface area contributed by atoms with E-state index < -0.39 is 28.9 Å². The second kappa shape index (κ2) is 16.2. The van der Waals surface area contributed by atoms with Crippen molar-refractivity contribution in [1.29, 1.82) is 0 Å². The lowest BCUT2D eigenvalue weighted by molar-refractivity contribution is 0.157. The molecule has 44 heavy (non-hydrogen) atoms. The zero-order valence-corrected chi connectivity index (χ0v) is 28.0. The van der Waals surface area contributed by atoms with Crippen molar-refractivity contribution >= 4 is 34.4 Å². The molecular weight excluding hydrogens is 641 g/mol. The van der Waals surface area contributed by atoms with Crippen LogP contribution < -0.4 is 19.0 Å². The first-order chi connectivity index (χ1) is 21.0. The molecule has 17 heteroatoms. The highest BCUT2D eigenvalue weighted by molar-refractivity contribution is 7.49. The van der Waals surface area contributed by atoms with E-state index in [2.05, 4.69) is 0 Å². The average molecular weight is 679 g/mol. The van der Waals surface area contributed by atoms with Crippen LogP contribution in [0.3, 0.4) is 0 Å². The second-order valence-corrected chi connectivity index (χ2v) is 13.2. The Morgan fingerprint density at radius 1 is 0.568 bits per heavy atom. The van der Waals surface area contributed by atoms with E-state index in [0.29, 0.717) is 0 Å². The molecule has 0 atom stereocenters. The molecule has 1 aromatic heterocycles. The SMILES string of the molecule is CCOP(=O)(OCC)Oc1ccc2c(=O)cc(-c3ccc(OP(=O)(OCC)OCC)c(OP(=O)(OCC)OCC)c3)oc2c1. The Hall–Kier alpha value is -2.50. The highest BCUT2D eigenvalue weighted by Gasteiger charge is 2.33. The Morgan fingerprint density at radius 3 is 1.55 bits per heavy atom. The summed E-state index contributed by atoms with van der Waals surface area (Å²) in [5.74, 6) is -0.247. The van der Waals surface area contributed by atoms with E-state index in [1.165, 1.54) is 42.5 Å². The van der Waals surface area contributed by atoms with Crippen LogP contribution in [-0.4, -0.2) is 39.6 Å². The van der Waals surface area contributed by atoms with Gasteiger partial charge >= 0.3 is 23.5 Å². The largest absolute Gasteiger partial charge is 0.530 e. The van der Waals surface area contributed by atoms with E-state index in [1.807, 2.05) is 0 Å². The summed E-state index contributed by atoms with van der Waals surface area (Å²) in [5, 5.41) is 0.215. The third-order valence-electron chi connectivity index (χ3n) is 5.29.